The highest BCUT2D eigenvalue weighted by Gasteiger charge is 1.94. The van der Waals surface area contributed by atoms with Crippen molar-refractivity contribution < 1.29 is 0 Å². The molecule has 68 valence electrons. The quantitative estimate of drug-likeness (QED) is 0.404. The minimum absolute atomic E-state index is 0.302. The van der Waals surface area contributed by atoms with E-state index in [0.29, 0.717) is 12.1 Å². The van der Waals surface area contributed by atoms with Crippen molar-refractivity contribution in [3.63, 3.8) is 0 Å². The fraction of sp³-hybridized carbons (Fsp3) is 0.100. The van der Waals surface area contributed by atoms with Crippen LogP contribution in [0.15, 0.2) is 35.5 Å². The summed E-state index contributed by atoms with van der Waals surface area (Å²) in [6, 6.07) is 9.33. The van der Waals surface area contributed by atoms with Gasteiger partial charge in [0.1, 0.15) is 0 Å². The van der Waals surface area contributed by atoms with Crippen molar-refractivity contribution >= 4 is 6.08 Å². The van der Waals surface area contributed by atoms with Crippen LogP contribution in [-0.4, -0.2) is 6.54 Å². The Morgan fingerprint density at radius 2 is 2.29 bits per heavy atom. The maximum atomic E-state index is 8.76. The number of nitrogens with zero attached hydrogens (tertiary/aromatic N) is 4. The molecule has 0 heterocycles. The molecule has 0 bridgehead atoms. The Bertz CT molecular complexity index is 422. The van der Waals surface area contributed by atoms with Gasteiger partial charge in [0.2, 0.25) is 0 Å². The zero-order valence-corrected chi connectivity index (χ0v) is 7.46. The third kappa shape index (κ3) is 2.67. The van der Waals surface area contributed by atoms with E-state index in [4.69, 9.17) is 10.8 Å². The lowest BCUT2D eigenvalue weighted by atomic mass is 10.1. The fourth-order valence-electron chi connectivity index (χ4n) is 1.01. The summed E-state index contributed by atoms with van der Waals surface area (Å²) in [5.41, 5.74) is 9.49. The average Bonchev–Trinajstić information content (AvgIpc) is 2.25. The van der Waals surface area contributed by atoms with E-state index in [-0.39, 0.29) is 0 Å². The number of benzene rings is 1. The van der Waals surface area contributed by atoms with Gasteiger partial charge in [-0.2, -0.15) is 5.26 Å². The largest absolute Gasteiger partial charge is 0.192 e. The van der Waals surface area contributed by atoms with E-state index in [1.165, 1.54) is 0 Å². The minimum Gasteiger partial charge on any atom is -0.192 e. The molecule has 0 atom stereocenters. The van der Waals surface area contributed by atoms with Crippen molar-refractivity contribution in [1.82, 2.24) is 0 Å². The molecule has 4 nitrogen and oxygen atoms in total. The highest BCUT2D eigenvalue weighted by atomic mass is 15.1. The third-order valence-electron chi connectivity index (χ3n) is 1.63. The Kier molecular flexibility index (Phi) is 3.81. The summed E-state index contributed by atoms with van der Waals surface area (Å²) in [5, 5.41) is 12.1. The average molecular weight is 184 g/mol. The Hall–Kier alpha value is -2.24. The molecular formula is C10H8N4. The van der Waals surface area contributed by atoms with Gasteiger partial charge in [0.15, 0.2) is 0 Å². The van der Waals surface area contributed by atoms with Crippen molar-refractivity contribution in [2.24, 2.45) is 5.11 Å². The van der Waals surface area contributed by atoms with Crippen molar-refractivity contribution in [2.45, 2.75) is 0 Å². The van der Waals surface area contributed by atoms with Gasteiger partial charge in [-0.15, -0.1) is 0 Å². The van der Waals surface area contributed by atoms with Crippen LogP contribution < -0.4 is 0 Å². The second-order valence-electron chi connectivity index (χ2n) is 2.51. The first-order valence-electron chi connectivity index (χ1n) is 4.05. The topological polar surface area (TPSA) is 72.5 Å². The van der Waals surface area contributed by atoms with Crippen molar-refractivity contribution in [3.05, 3.63) is 51.9 Å². The van der Waals surface area contributed by atoms with Crippen molar-refractivity contribution in [3.8, 4) is 6.07 Å². The van der Waals surface area contributed by atoms with Crippen LogP contribution in [-0.2, 0) is 0 Å². The molecule has 0 saturated carbocycles. The summed E-state index contributed by atoms with van der Waals surface area (Å²) >= 11 is 0. The minimum atomic E-state index is 0.302. The lowest BCUT2D eigenvalue weighted by Crippen LogP contribution is -1.80. The van der Waals surface area contributed by atoms with E-state index in [2.05, 4.69) is 16.1 Å². The van der Waals surface area contributed by atoms with Gasteiger partial charge in [-0.3, -0.25) is 0 Å². The monoisotopic (exact) mass is 184 g/mol. The normalized spacial score (nSPS) is 9.36. The second kappa shape index (κ2) is 5.41. The number of rotatable bonds is 3. The molecule has 0 spiro atoms. The molecule has 0 aliphatic rings. The van der Waals surface area contributed by atoms with Crippen molar-refractivity contribution in [2.75, 3.05) is 6.54 Å². The van der Waals surface area contributed by atoms with E-state index in [1.54, 1.807) is 18.2 Å². The van der Waals surface area contributed by atoms with Crippen molar-refractivity contribution in [1.29, 1.82) is 5.26 Å². The lowest BCUT2D eigenvalue weighted by Gasteiger charge is -1.94. The van der Waals surface area contributed by atoms with Gasteiger partial charge in [0.05, 0.1) is 11.6 Å². The van der Waals surface area contributed by atoms with Crippen LogP contribution in [0.5, 0.6) is 0 Å². The first-order valence-corrected chi connectivity index (χ1v) is 4.05. The van der Waals surface area contributed by atoms with E-state index >= 15 is 0 Å². The highest BCUT2D eigenvalue weighted by molar-refractivity contribution is 5.57. The summed E-state index contributed by atoms with van der Waals surface area (Å²) in [7, 11) is 0. The smallest absolute Gasteiger partial charge is 0.0997 e. The molecule has 0 fully saturated rings. The van der Waals surface area contributed by atoms with Crippen LogP contribution in [0.2, 0.25) is 0 Å². The molecule has 0 aliphatic carbocycles. The molecule has 0 aliphatic heterocycles. The SMILES string of the molecule is N#Cc1ccccc1C=CCN=[N+]=[N-]. The summed E-state index contributed by atoms with van der Waals surface area (Å²) in [6.07, 6.45) is 3.49. The molecule has 0 amide bonds. The number of nitriles is 1. The molecule has 0 radical (unpaired) electrons. The Labute approximate surface area is 81.7 Å². The Morgan fingerprint density at radius 1 is 1.50 bits per heavy atom. The highest BCUT2D eigenvalue weighted by Crippen LogP contribution is 2.08. The molecule has 0 N–H and O–H groups in total. The van der Waals surface area contributed by atoms with E-state index < -0.39 is 0 Å². The molecule has 14 heavy (non-hydrogen) atoms. The maximum absolute atomic E-state index is 8.76. The standard InChI is InChI=1S/C10H8N4/c11-8-10-5-2-1-4-9(10)6-3-7-13-14-12/h1-6H,7H2. The third-order valence-corrected chi connectivity index (χ3v) is 1.63. The zero-order chi connectivity index (χ0) is 10.2. The van der Waals surface area contributed by atoms with E-state index in [1.807, 2.05) is 18.2 Å². The number of azide groups is 1. The summed E-state index contributed by atoms with van der Waals surface area (Å²) in [5.74, 6) is 0. The molecule has 4 heteroatoms. The maximum Gasteiger partial charge on any atom is 0.0997 e. The second-order valence-corrected chi connectivity index (χ2v) is 2.51. The number of hydrogen-bond acceptors (Lipinski definition) is 2. The molecule has 0 aromatic heterocycles. The summed E-state index contributed by atoms with van der Waals surface area (Å²) in [6.45, 7) is 0.302. The molecule has 1 aromatic rings. The lowest BCUT2D eigenvalue weighted by molar-refractivity contribution is 1.22. The molecule has 1 rings (SSSR count). The van der Waals surface area contributed by atoms with Gasteiger partial charge in [0, 0.05) is 11.5 Å². The summed E-state index contributed by atoms with van der Waals surface area (Å²) < 4.78 is 0. The van der Waals surface area contributed by atoms with Crippen LogP contribution in [0, 0.1) is 11.3 Å². The summed E-state index contributed by atoms with van der Waals surface area (Å²) in [4.78, 5) is 2.62. The van der Waals surface area contributed by atoms with Crippen LogP contribution in [0.3, 0.4) is 0 Å². The Balaban J connectivity index is 2.81. The van der Waals surface area contributed by atoms with Crippen LogP contribution >= 0.6 is 0 Å². The zero-order valence-electron chi connectivity index (χ0n) is 7.46. The van der Waals surface area contributed by atoms with E-state index in [0.717, 1.165) is 5.56 Å². The first-order chi connectivity index (χ1) is 6.88. The van der Waals surface area contributed by atoms with Gasteiger partial charge in [-0.05, 0) is 17.2 Å². The van der Waals surface area contributed by atoms with Gasteiger partial charge in [-0.1, -0.05) is 35.5 Å². The fourth-order valence-corrected chi connectivity index (χ4v) is 1.01. The van der Waals surface area contributed by atoms with Gasteiger partial charge in [0.25, 0.3) is 0 Å². The Morgan fingerprint density at radius 3 is 3.00 bits per heavy atom. The van der Waals surface area contributed by atoms with Crippen LogP contribution in [0.4, 0.5) is 0 Å². The van der Waals surface area contributed by atoms with Gasteiger partial charge < -0.3 is 0 Å². The molecule has 0 saturated heterocycles. The van der Waals surface area contributed by atoms with Gasteiger partial charge in [-0.25, -0.2) is 0 Å². The number of hydrogen-bond donors (Lipinski definition) is 0. The predicted molar refractivity (Wildman–Crippen MR) is 54.2 cm³/mol. The van der Waals surface area contributed by atoms with Crippen LogP contribution in [0.25, 0.3) is 16.5 Å². The molecule has 1 aromatic carbocycles. The van der Waals surface area contributed by atoms with Gasteiger partial charge >= 0.3 is 0 Å². The van der Waals surface area contributed by atoms with E-state index in [9.17, 15) is 0 Å². The van der Waals surface area contributed by atoms with Crippen LogP contribution in [0.1, 0.15) is 11.1 Å². The first kappa shape index (κ1) is 9.85. The predicted octanol–water partition coefficient (Wildman–Crippen LogP) is 2.88. The molecular weight excluding hydrogens is 176 g/mol. The molecule has 0 unspecified atom stereocenters.